The van der Waals surface area contributed by atoms with Crippen molar-refractivity contribution in [3.8, 4) is 5.69 Å². The smallest absolute Gasteiger partial charge is 0.267 e. The van der Waals surface area contributed by atoms with E-state index in [2.05, 4.69) is 25.7 Å². The van der Waals surface area contributed by atoms with Crippen molar-refractivity contribution in [1.82, 2.24) is 14.5 Å². The summed E-state index contributed by atoms with van der Waals surface area (Å²) in [7, 11) is 0. The highest BCUT2D eigenvalue weighted by atomic mass is 32.2. The standard InChI is InChI=1S/C25H33N3OS2/c1-4-5-6-7-11-16-30-25-26-23-22(24(29)28(25)19-12-9-8-10-13-19)20-14-15-27(18(2)3)17-21(20)31-23/h8-10,12-13,18H,4-7,11,14-17H2,1-3H3. The third kappa shape index (κ3) is 4.91. The number of nitrogens with zero attached hydrogens (tertiary/aromatic N) is 3. The maximum absolute atomic E-state index is 13.8. The predicted octanol–water partition coefficient (Wildman–Crippen LogP) is 6.28. The van der Waals surface area contributed by atoms with Gasteiger partial charge in [-0.2, -0.15) is 0 Å². The van der Waals surface area contributed by atoms with Crippen LogP contribution in [0.5, 0.6) is 0 Å². The van der Waals surface area contributed by atoms with Gasteiger partial charge < -0.3 is 0 Å². The molecule has 2 aromatic heterocycles. The highest BCUT2D eigenvalue weighted by Crippen LogP contribution is 2.35. The van der Waals surface area contributed by atoms with Crippen molar-refractivity contribution in [2.45, 2.75) is 77.0 Å². The van der Waals surface area contributed by atoms with Crippen LogP contribution in [0.25, 0.3) is 15.9 Å². The monoisotopic (exact) mass is 455 g/mol. The van der Waals surface area contributed by atoms with Crippen LogP contribution in [0.2, 0.25) is 0 Å². The van der Waals surface area contributed by atoms with Gasteiger partial charge in [0.15, 0.2) is 5.16 Å². The van der Waals surface area contributed by atoms with Crippen LogP contribution in [0.3, 0.4) is 0 Å². The summed E-state index contributed by atoms with van der Waals surface area (Å²) in [5.74, 6) is 1.00. The third-order valence-electron chi connectivity index (χ3n) is 6.10. The number of aromatic nitrogens is 2. The Morgan fingerprint density at radius 2 is 1.90 bits per heavy atom. The van der Waals surface area contributed by atoms with E-state index in [1.807, 2.05) is 34.9 Å². The van der Waals surface area contributed by atoms with Crippen LogP contribution >= 0.6 is 23.1 Å². The van der Waals surface area contributed by atoms with E-state index in [0.717, 1.165) is 52.7 Å². The highest BCUT2D eigenvalue weighted by molar-refractivity contribution is 7.99. The molecule has 0 saturated heterocycles. The van der Waals surface area contributed by atoms with E-state index in [1.54, 1.807) is 23.1 Å². The lowest BCUT2D eigenvalue weighted by atomic mass is 10.0. The summed E-state index contributed by atoms with van der Waals surface area (Å²) < 4.78 is 1.85. The molecular weight excluding hydrogens is 422 g/mol. The molecule has 31 heavy (non-hydrogen) atoms. The maximum Gasteiger partial charge on any atom is 0.267 e. The van der Waals surface area contributed by atoms with Crippen molar-refractivity contribution in [2.24, 2.45) is 0 Å². The molecule has 0 amide bonds. The second-order valence-electron chi connectivity index (χ2n) is 8.63. The second kappa shape index (κ2) is 10.3. The number of thioether (sulfide) groups is 1. The molecule has 3 heterocycles. The molecule has 3 aromatic rings. The number of rotatable bonds is 9. The van der Waals surface area contributed by atoms with Crippen molar-refractivity contribution in [2.75, 3.05) is 12.3 Å². The van der Waals surface area contributed by atoms with Gasteiger partial charge in [0.25, 0.3) is 5.56 Å². The minimum absolute atomic E-state index is 0.0974. The Bertz CT molecular complexity index is 1070. The van der Waals surface area contributed by atoms with E-state index < -0.39 is 0 Å². The number of fused-ring (bicyclic) bond motifs is 3. The first-order chi connectivity index (χ1) is 15.1. The van der Waals surface area contributed by atoms with Crippen LogP contribution in [-0.4, -0.2) is 32.8 Å². The van der Waals surface area contributed by atoms with E-state index in [0.29, 0.717) is 6.04 Å². The quantitative estimate of drug-likeness (QED) is 0.216. The lowest BCUT2D eigenvalue weighted by Gasteiger charge is -2.30. The van der Waals surface area contributed by atoms with Gasteiger partial charge in [0.2, 0.25) is 0 Å². The van der Waals surface area contributed by atoms with E-state index in [1.165, 1.54) is 36.1 Å². The summed E-state index contributed by atoms with van der Waals surface area (Å²) in [5.41, 5.74) is 2.24. The average molecular weight is 456 g/mol. The van der Waals surface area contributed by atoms with Gasteiger partial charge in [0.1, 0.15) is 4.83 Å². The lowest BCUT2D eigenvalue weighted by Crippen LogP contribution is -2.35. The predicted molar refractivity (Wildman–Crippen MR) is 134 cm³/mol. The molecule has 0 bridgehead atoms. The van der Waals surface area contributed by atoms with Crippen LogP contribution in [0.1, 0.15) is 63.3 Å². The van der Waals surface area contributed by atoms with Gasteiger partial charge in [-0.25, -0.2) is 4.98 Å². The first kappa shape index (κ1) is 22.6. The molecule has 0 atom stereocenters. The van der Waals surface area contributed by atoms with Crippen LogP contribution in [0.15, 0.2) is 40.3 Å². The Hall–Kier alpha value is -1.63. The molecule has 1 aliphatic rings. The summed E-state index contributed by atoms with van der Waals surface area (Å²) in [5, 5.41) is 1.68. The lowest BCUT2D eigenvalue weighted by molar-refractivity contribution is 0.206. The van der Waals surface area contributed by atoms with E-state index >= 15 is 0 Å². The maximum atomic E-state index is 13.8. The van der Waals surface area contributed by atoms with E-state index in [-0.39, 0.29) is 5.56 Å². The molecule has 4 rings (SSSR count). The molecule has 0 fully saturated rings. The molecule has 0 spiro atoms. The van der Waals surface area contributed by atoms with E-state index in [9.17, 15) is 4.79 Å². The Morgan fingerprint density at radius 3 is 2.65 bits per heavy atom. The summed E-state index contributed by atoms with van der Waals surface area (Å²) in [6.45, 7) is 8.67. The zero-order valence-corrected chi connectivity index (χ0v) is 20.5. The number of hydrogen-bond acceptors (Lipinski definition) is 5. The average Bonchev–Trinajstić information content (AvgIpc) is 3.14. The SMILES string of the molecule is CCCCCCCSc1nc2sc3c(c2c(=O)n1-c1ccccc1)CCN(C(C)C)C3. The molecule has 1 aromatic carbocycles. The van der Waals surface area contributed by atoms with Gasteiger partial charge >= 0.3 is 0 Å². The largest absolute Gasteiger partial charge is 0.296 e. The summed E-state index contributed by atoms with van der Waals surface area (Å²) >= 11 is 3.45. The van der Waals surface area contributed by atoms with Crippen LogP contribution in [0, 0.1) is 0 Å². The molecule has 0 radical (unpaired) electrons. The Kier molecular flexibility index (Phi) is 7.51. The van der Waals surface area contributed by atoms with Gasteiger partial charge in [-0.15, -0.1) is 11.3 Å². The van der Waals surface area contributed by atoms with Crippen molar-refractivity contribution >= 4 is 33.3 Å². The minimum Gasteiger partial charge on any atom is -0.296 e. The minimum atomic E-state index is 0.0974. The number of benzene rings is 1. The third-order valence-corrected chi connectivity index (χ3v) is 8.23. The highest BCUT2D eigenvalue weighted by Gasteiger charge is 2.26. The normalized spacial score (nSPS) is 14.5. The Labute approximate surface area is 193 Å². The van der Waals surface area contributed by atoms with Gasteiger partial charge in [-0.1, -0.05) is 62.6 Å². The van der Waals surface area contributed by atoms with Gasteiger partial charge in [0.05, 0.1) is 11.1 Å². The Morgan fingerprint density at radius 1 is 1.13 bits per heavy atom. The summed E-state index contributed by atoms with van der Waals surface area (Å²) in [6.07, 6.45) is 7.20. The second-order valence-corrected chi connectivity index (χ2v) is 10.8. The Balaban J connectivity index is 1.71. The van der Waals surface area contributed by atoms with Crippen molar-refractivity contribution in [3.63, 3.8) is 0 Å². The summed E-state index contributed by atoms with van der Waals surface area (Å²) in [4.78, 5) is 23.5. The van der Waals surface area contributed by atoms with Crippen LogP contribution < -0.4 is 5.56 Å². The van der Waals surface area contributed by atoms with Crippen LogP contribution in [0.4, 0.5) is 0 Å². The molecule has 166 valence electrons. The van der Waals surface area contributed by atoms with Crippen molar-refractivity contribution in [1.29, 1.82) is 0 Å². The van der Waals surface area contributed by atoms with Gasteiger partial charge in [0, 0.05) is 29.8 Å². The van der Waals surface area contributed by atoms with Crippen molar-refractivity contribution in [3.05, 3.63) is 51.1 Å². The molecule has 1 aliphatic heterocycles. The van der Waals surface area contributed by atoms with Crippen LogP contribution in [-0.2, 0) is 13.0 Å². The number of unbranched alkanes of at least 4 members (excludes halogenated alkanes) is 4. The molecule has 0 unspecified atom stereocenters. The zero-order valence-electron chi connectivity index (χ0n) is 18.9. The summed E-state index contributed by atoms with van der Waals surface area (Å²) in [6, 6.07) is 10.5. The number of hydrogen-bond donors (Lipinski definition) is 0. The number of para-hydroxylation sites is 1. The molecular formula is C25H33N3OS2. The molecule has 6 heteroatoms. The van der Waals surface area contributed by atoms with E-state index in [4.69, 9.17) is 4.98 Å². The van der Waals surface area contributed by atoms with Gasteiger partial charge in [-0.3, -0.25) is 14.3 Å². The van der Waals surface area contributed by atoms with Gasteiger partial charge in [-0.05, 0) is 44.4 Å². The molecule has 0 saturated carbocycles. The molecule has 0 N–H and O–H groups in total. The topological polar surface area (TPSA) is 38.1 Å². The molecule has 0 aliphatic carbocycles. The fourth-order valence-electron chi connectivity index (χ4n) is 4.26. The number of thiophene rings is 1. The zero-order chi connectivity index (χ0) is 21.8. The fraction of sp³-hybridized carbons (Fsp3) is 0.520. The fourth-order valence-corrected chi connectivity index (χ4v) is 6.55. The first-order valence-corrected chi connectivity index (χ1v) is 13.4. The first-order valence-electron chi connectivity index (χ1n) is 11.6. The molecule has 4 nitrogen and oxygen atoms in total. The van der Waals surface area contributed by atoms with Crippen molar-refractivity contribution < 1.29 is 0 Å².